The summed E-state index contributed by atoms with van der Waals surface area (Å²) in [5.41, 5.74) is 6.32. The molecule has 1 aliphatic carbocycles. The second kappa shape index (κ2) is 6.93. The molecule has 2 aromatic rings. The summed E-state index contributed by atoms with van der Waals surface area (Å²) in [6.45, 7) is 2.14. The van der Waals surface area contributed by atoms with Gasteiger partial charge in [0, 0.05) is 11.9 Å². The lowest BCUT2D eigenvalue weighted by Gasteiger charge is -2.30. The number of nitriles is 1. The van der Waals surface area contributed by atoms with Crippen LogP contribution in [-0.4, -0.2) is 15.7 Å². The highest BCUT2D eigenvalue weighted by molar-refractivity contribution is 5.98. The number of hydrogen-bond donors (Lipinski definition) is 2. The Kier molecular flexibility index (Phi) is 4.70. The van der Waals surface area contributed by atoms with Crippen molar-refractivity contribution in [2.45, 2.75) is 32.2 Å². The molecule has 1 amide bonds. The van der Waals surface area contributed by atoms with E-state index in [1.165, 1.54) is 12.1 Å². The van der Waals surface area contributed by atoms with Crippen molar-refractivity contribution in [1.82, 2.24) is 9.78 Å². The van der Waals surface area contributed by atoms with E-state index in [9.17, 15) is 14.4 Å². The second-order valence-corrected chi connectivity index (χ2v) is 6.59. The molecule has 3 rings (SSSR count). The third kappa shape index (κ3) is 3.63. The molecule has 1 aromatic heterocycles. The van der Waals surface area contributed by atoms with Crippen LogP contribution in [0, 0.1) is 29.0 Å². The molecular weight excluding hydrogens is 321 g/mol. The lowest BCUT2D eigenvalue weighted by atomic mass is 9.79. The van der Waals surface area contributed by atoms with E-state index in [4.69, 9.17) is 5.73 Å². The molecule has 1 heterocycles. The molecule has 0 spiro atoms. The van der Waals surface area contributed by atoms with Crippen molar-refractivity contribution in [3.05, 3.63) is 41.8 Å². The number of amides is 1. The molecule has 0 bridgehead atoms. The van der Waals surface area contributed by atoms with Crippen LogP contribution in [0.2, 0.25) is 0 Å². The Morgan fingerprint density at radius 2 is 2.12 bits per heavy atom. The van der Waals surface area contributed by atoms with Crippen molar-refractivity contribution in [2.75, 3.05) is 5.32 Å². The fourth-order valence-electron chi connectivity index (χ4n) is 3.32. The first-order valence-corrected chi connectivity index (χ1v) is 8.29. The highest BCUT2D eigenvalue weighted by Gasteiger charge is 2.31. The molecule has 2 unspecified atom stereocenters. The molecule has 6 nitrogen and oxygen atoms in total. The highest BCUT2D eigenvalue weighted by atomic mass is 19.1. The first-order chi connectivity index (χ1) is 12.0. The lowest BCUT2D eigenvalue weighted by Crippen LogP contribution is -2.26. The Bertz CT molecular complexity index is 808. The van der Waals surface area contributed by atoms with Crippen LogP contribution in [0.1, 0.15) is 42.6 Å². The molecular formula is C18H20FN5O. The molecule has 1 saturated carbocycles. The van der Waals surface area contributed by atoms with Crippen LogP contribution in [0.4, 0.5) is 15.9 Å². The van der Waals surface area contributed by atoms with E-state index in [1.807, 2.05) is 0 Å². The summed E-state index contributed by atoms with van der Waals surface area (Å²) in [5.74, 6) is -0.283. The standard InChI is InChI=1S/C18H20FN5O/c1-11-2-7-16(12(8-11)9-20)24-10-15(17(21)25)18(23-24)22-14-5-3-13(19)4-6-14/h3-6,10-12,16H,2,7-8H2,1H3,(H2,21,25)(H,22,23)/t11?,12?,16-/m0/s1. The zero-order valence-electron chi connectivity index (χ0n) is 13.9. The number of carbonyl (C=O) groups is 1. The number of anilines is 2. The molecule has 1 fully saturated rings. The third-order valence-electron chi connectivity index (χ3n) is 4.69. The van der Waals surface area contributed by atoms with Gasteiger partial charge in [-0.25, -0.2) is 4.39 Å². The number of nitrogens with zero attached hydrogens (tertiary/aromatic N) is 3. The highest BCUT2D eigenvalue weighted by Crippen LogP contribution is 2.37. The Morgan fingerprint density at radius 3 is 2.76 bits per heavy atom. The number of nitrogens with one attached hydrogen (secondary N) is 1. The maximum absolute atomic E-state index is 13.0. The maximum Gasteiger partial charge on any atom is 0.254 e. The molecule has 1 aliphatic rings. The van der Waals surface area contributed by atoms with Crippen LogP contribution in [0.3, 0.4) is 0 Å². The number of benzene rings is 1. The monoisotopic (exact) mass is 341 g/mol. The number of primary amides is 1. The quantitative estimate of drug-likeness (QED) is 0.891. The molecule has 0 aliphatic heterocycles. The van der Waals surface area contributed by atoms with Gasteiger partial charge in [0.15, 0.2) is 5.82 Å². The van der Waals surface area contributed by atoms with Crippen LogP contribution in [0.15, 0.2) is 30.5 Å². The fourth-order valence-corrected chi connectivity index (χ4v) is 3.32. The molecule has 130 valence electrons. The predicted molar refractivity (Wildman–Crippen MR) is 91.6 cm³/mol. The van der Waals surface area contributed by atoms with Crippen molar-refractivity contribution in [3.8, 4) is 6.07 Å². The minimum absolute atomic E-state index is 0.0805. The SMILES string of the molecule is CC1CC[C@H](n2cc(C(N)=O)c(Nc3ccc(F)cc3)n2)C(C#N)C1. The topological polar surface area (TPSA) is 96.7 Å². The van der Waals surface area contributed by atoms with Gasteiger partial charge in [-0.15, -0.1) is 0 Å². The van der Waals surface area contributed by atoms with Gasteiger partial charge in [0.2, 0.25) is 0 Å². The summed E-state index contributed by atoms with van der Waals surface area (Å²) in [7, 11) is 0. The molecule has 3 N–H and O–H groups in total. The van der Waals surface area contributed by atoms with E-state index in [-0.39, 0.29) is 23.3 Å². The van der Waals surface area contributed by atoms with Gasteiger partial charge in [-0.1, -0.05) is 6.92 Å². The van der Waals surface area contributed by atoms with Crippen LogP contribution in [0.25, 0.3) is 0 Å². The van der Waals surface area contributed by atoms with E-state index < -0.39 is 5.91 Å². The van der Waals surface area contributed by atoms with Crippen LogP contribution >= 0.6 is 0 Å². The summed E-state index contributed by atoms with van der Waals surface area (Å²) in [4.78, 5) is 11.8. The summed E-state index contributed by atoms with van der Waals surface area (Å²) in [6, 6.07) is 8.02. The number of rotatable bonds is 4. The summed E-state index contributed by atoms with van der Waals surface area (Å²) < 4.78 is 14.7. The van der Waals surface area contributed by atoms with Crippen molar-refractivity contribution >= 4 is 17.4 Å². The second-order valence-electron chi connectivity index (χ2n) is 6.59. The number of halogens is 1. The minimum atomic E-state index is -0.603. The van der Waals surface area contributed by atoms with Crippen molar-refractivity contribution in [3.63, 3.8) is 0 Å². The predicted octanol–water partition coefficient (Wildman–Crippen LogP) is 3.37. The van der Waals surface area contributed by atoms with Crippen LogP contribution in [-0.2, 0) is 0 Å². The van der Waals surface area contributed by atoms with Crippen molar-refractivity contribution in [2.24, 2.45) is 17.6 Å². The normalized spacial score (nSPS) is 23.0. The zero-order chi connectivity index (χ0) is 18.0. The lowest BCUT2D eigenvalue weighted by molar-refractivity contribution is 0.100. The van der Waals surface area contributed by atoms with Gasteiger partial charge in [-0.2, -0.15) is 10.4 Å². The molecule has 3 atom stereocenters. The van der Waals surface area contributed by atoms with Crippen LogP contribution < -0.4 is 11.1 Å². The minimum Gasteiger partial charge on any atom is -0.365 e. The molecule has 0 saturated heterocycles. The zero-order valence-corrected chi connectivity index (χ0v) is 13.9. The first kappa shape index (κ1) is 17.0. The van der Waals surface area contributed by atoms with Crippen LogP contribution in [0.5, 0.6) is 0 Å². The summed E-state index contributed by atoms with van der Waals surface area (Å²) in [5, 5.41) is 16.9. The van der Waals surface area contributed by atoms with E-state index in [2.05, 4.69) is 23.4 Å². The number of hydrogen-bond acceptors (Lipinski definition) is 4. The summed E-state index contributed by atoms with van der Waals surface area (Å²) in [6.07, 6.45) is 4.25. The van der Waals surface area contributed by atoms with Gasteiger partial charge in [0.25, 0.3) is 5.91 Å². The summed E-state index contributed by atoms with van der Waals surface area (Å²) >= 11 is 0. The number of carbonyl (C=O) groups excluding carboxylic acids is 1. The Morgan fingerprint density at radius 1 is 1.40 bits per heavy atom. The van der Waals surface area contributed by atoms with Gasteiger partial charge in [0.1, 0.15) is 11.4 Å². The molecule has 25 heavy (non-hydrogen) atoms. The Labute approximate surface area is 145 Å². The number of aromatic nitrogens is 2. The number of nitrogens with two attached hydrogens (primary N) is 1. The molecule has 1 aromatic carbocycles. The third-order valence-corrected chi connectivity index (χ3v) is 4.69. The van der Waals surface area contributed by atoms with Gasteiger partial charge in [-0.05, 0) is 49.4 Å². The average molecular weight is 341 g/mol. The molecule has 7 heteroatoms. The Balaban J connectivity index is 1.90. The van der Waals surface area contributed by atoms with Crippen molar-refractivity contribution < 1.29 is 9.18 Å². The van der Waals surface area contributed by atoms with E-state index in [0.717, 1.165) is 19.3 Å². The Hall–Kier alpha value is -2.88. The first-order valence-electron chi connectivity index (χ1n) is 8.29. The van der Waals surface area contributed by atoms with E-state index in [0.29, 0.717) is 17.4 Å². The van der Waals surface area contributed by atoms with E-state index in [1.54, 1.807) is 23.0 Å². The van der Waals surface area contributed by atoms with Gasteiger partial charge < -0.3 is 11.1 Å². The fraction of sp³-hybridized carbons (Fsp3) is 0.389. The van der Waals surface area contributed by atoms with Gasteiger partial charge in [-0.3, -0.25) is 9.48 Å². The average Bonchev–Trinajstić information content (AvgIpc) is 3.00. The largest absolute Gasteiger partial charge is 0.365 e. The smallest absolute Gasteiger partial charge is 0.254 e. The molecule has 0 radical (unpaired) electrons. The van der Waals surface area contributed by atoms with Gasteiger partial charge >= 0.3 is 0 Å². The van der Waals surface area contributed by atoms with Crippen molar-refractivity contribution in [1.29, 1.82) is 5.26 Å². The van der Waals surface area contributed by atoms with E-state index >= 15 is 0 Å². The van der Waals surface area contributed by atoms with Gasteiger partial charge in [0.05, 0.1) is 18.0 Å². The maximum atomic E-state index is 13.0.